The van der Waals surface area contributed by atoms with Gasteiger partial charge in [0.25, 0.3) is 0 Å². The molecular weight excluding hydrogens is 364 g/mol. The number of fused-ring (bicyclic) bond motifs is 1. The highest BCUT2D eigenvalue weighted by Gasteiger charge is 2.17. The molecule has 0 spiro atoms. The lowest BCUT2D eigenvalue weighted by atomic mass is 10.3. The van der Waals surface area contributed by atoms with Crippen molar-refractivity contribution in [3.63, 3.8) is 0 Å². The molecule has 104 valence electrons. The Labute approximate surface area is 132 Å². The third kappa shape index (κ3) is 2.56. The average Bonchev–Trinajstić information content (AvgIpc) is 3.05. The van der Waals surface area contributed by atoms with Crippen molar-refractivity contribution >= 4 is 55.7 Å². The number of aliphatic hydroxyl groups is 1. The normalized spacial score (nSPS) is 11.2. The number of pyridine rings is 1. The van der Waals surface area contributed by atoms with Gasteiger partial charge in [0, 0.05) is 17.5 Å². The molecule has 0 saturated heterocycles. The molecule has 20 heavy (non-hydrogen) atoms. The average molecular weight is 374 g/mol. The number of hydrogen-bond donors (Lipinski definition) is 2. The number of furan rings is 1. The summed E-state index contributed by atoms with van der Waals surface area (Å²) in [5.74, 6) is 0.439. The zero-order valence-corrected chi connectivity index (χ0v) is 13.3. The Hall–Kier alpha value is -1.08. The number of nitrogens with zero attached hydrogens (tertiary/aromatic N) is 1. The highest BCUT2D eigenvalue weighted by molar-refractivity contribution is 9.10. The summed E-state index contributed by atoms with van der Waals surface area (Å²) in [5, 5.41) is 14.9. The minimum Gasteiger partial charge on any atom is -0.453 e. The van der Waals surface area contributed by atoms with Crippen LogP contribution < -0.4 is 5.32 Å². The maximum atomic E-state index is 9.26. The van der Waals surface area contributed by atoms with E-state index in [4.69, 9.17) is 16.0 Å². The third-order valence-electron chi connectivity index (χ3n) is 2.80. The first-order valence-corrected chi connectivity index (χ1v) is 7.88. The lowest BCUT2D eigenvalue weighted by Gasteiger charge is -2.05. The Morgan fingerprint density at radius 3 is 3.05 bits per heavy atom. The summed E-state index contributed by atoms with van der Waals surface area (Å²) in [6.07, 6.45) is 0. The second-order valence-corrected chi connectivity index (χ2v) is 6.31. The van der Waals surface area contributed by atoms with Crippen LogP contribution in [0.3, 0.4) is 0 Å². The van der Waals surface area contributed by atoms with Gasteiger partial charge in [0.05, 0.1) is 10.2 Å². The molecular formula is C13H10BrClN2O2S. The summed E-state index contributed by atoms with van der Waals surface area (Å²) in [6.45, 7) is 0.485. The fraction of sp³-hybridized carbons (Fsp3) is 0.154. The predicted octanol–water partition coefficient (Wildman–Crippen LogP) is 4.41. The molecule has 0 aliphatic heterocycles. The first kappa shape index (κ1) is 13.9. The fourth-order valence-electron chi connectivity index (χ4n) is 1.88. The number of rotatable bonds is 4. The molecule has 2 N–H and O–H groups in total. The summed E-state index contributed by atoms with van der Waals surface area (Å²) in [4.78, 5) is 5.43. The third-order valence-corrected chi connectivity index (χ3v) is 4.68. The van der Waals surface area contributed by atoms with Crippen LogP contribution in [0.5, 0.6) is 0 Å². The number of halogens is 2. The second-order valence-electron chi connectivity index (χ2n) is 4.10. The molecule has 3 aromatic rings. The molecule has 7 heteroatoms. The van der Waals surface area contributed by atoms with Crippen LogP contribution in [0, 0.1) is 0 Å². The zero-order chi connectivity index (χ0) is 14.1. The first-order valence-electron chi connectivity index (χ1n) is 5.83. The molecule has 0 amide bonds. The van der Waals surface area contributed by atoms with E-state index in [0.717, 1.165) is 5.69 Å². The van der Waals surface area contributed by atoms with E-state index in [1.165, 1.54) is 4.88 Å². The molecule has 0 aliphatic rings. The molecule has 0 aliphatic carbocycles. The summed E-state index contributed by atoms with van der Waals surface area (Å²) >= 11 is 11.1. The van der Waals surface area contributed by atoms with E-state index in [1.54, 1.807) is 17.4 Å². The SMILES string of the molecule is OCc1oc2c(NCc3cccs3)cc(Cl)nc2c1Br. The number of aliphatic hydroxyl groups excluding tert-OH is 1. The Morgan fingerprint density at radius 2 is 2.35 bits per heavy atom. The molecule has 0 bridgehead atoms. The van der Waals surface area contributed by atoms with Gasteiger partial charge in [-0.05, 0) is 27.4 Å². The van der Waals surface area contributed by atoms with Gasteiger partial charge >= 0.3 is 0 Å². The zero-order valence-electron chi connectivity index (χ0n) is 10.2. The van der Waals surface area contributed by atoms with Crippen molar-refractivity contribution in [3.8, 4) is 0 Å². The molecule has 0 unspecified atom stereocenters. The van der Waals surface area contributed by atoms with Crippen LogP contribution in [0.15, 0.2) is 32.5 Å². The van der Waals surface area contributed by atoms with Crippen LogP contribution in [0.4, 0.5) is 5.69 Å². The van der Waals surface area contributed by atoms with Crippen LogP contribution in [0.25, 0.3) is 11.1 Å². The monoisotopic (exact) mass is 372 g/mol. The Morgan fingerprint density at radius 1 is 1.50 bits per heavy atom. The van der Waals surface area contributed by atoms with E-state index in [1.807, 2.05) is 11.4 Å². The molecule has 0 atom stereocenters. The smallest absolute Gasteiger partial charge is 0.177 e. The maximum Gasteiger partial charge on any atom is 0.177 e. The van der Waals surface area contributed by atoms with Gasteiger partial charge < -0.3 is 14.8 Å². The number of nitrogens with one attached hydrogen (secondary N) is 1. The summed E-state index contributed by atoms with van der Waals surface area (Å²) in [5.41, 5.74) is 1.95. The summed E-state index contributed by atoms with van der Waals surface area (Å²) < 4.78 is 6.26. The van der Waals surface area contributed by atoms with Crippen molar-refractivity contribution in [2.45, 2.75) is 13.2 Å². The standard InChI is InChI=1S/C13H10BrClN2O2S/c14-11-9(6-18)19-13-8(4-10(15)17-12(11)13)16-5-7-2-1-3-20-7/h1-4,18H,5-6H2,(H,16,17). The van der Waals surface area contributed by atoms with Crippen LogP contribution >= 0.6 is 38.9 Å². The number of anilines is 1. The van der Waals surface area contributed by atoms with Crippen LogP contribution in [-0.2, 0) is 13.2 Å². The number of thiophene rings is 1. The molecule has 3 rings (SSSR count). The highest BCUT2D eigenvalue weighted by atomic mass is 79.9. The Balaban J connectivity index is 2.00. The molecule has 3 heterocycles. The van der Waals surface area contributed by atoms with Crippen LogP contribution in [0.2, 0.25) is 5.15 Å². The van der Waals surface area contributed by atoms with Crippen LogP contribution in [-0.4, -0.2) is 10.1 Å². The molecule has 0 fully saturated rings. The maximum absolute atomic E-state index is 9.26. The van der Waals surface area contributed by atoms with Crippen LogP contribution in [0.1, 0.15) is 10.6 Å². The Bertz CT molecular complexity index is 742. The lowest BCUT2D eigenvalue weighted by Crippen LogP contribution is -1.98. The quantitative estimate of drug-likeness (QED) is 0.665. The van der Waals surface area contributed by atoms with Gasteiger partial charge in [-0.2, -0.15) is 0 Å². The lowest BCUT2D eigenvalue weighted by molar-refractivity contribution is 0.250. The fourth-order valence-corrected chi connectivity index (χ4v) is 3.20. The molecule has 0 radical (unpaired) electrons. The highest BCUT2D eigenvalue weighted by Crippen LogP contribution is 2.35. The van der Waals surface area contributed by atoms with E-state index in [2.05, 4.69) is 32.3 Å². The minimum atomic E-state index is -0.196. The predicted molar refractivity (Wildman–Crippen MR) is 84.3 cm³/mol. The van der Waals surface area contributed by atoms with E-state index in [0.29, 0.717) is 33.0 Å². The number of aromatic nitrogens is 1. The second kappa shape index (κ2) is 5.73. The topological polar surface area (TPSA) is 58.3 Å². The van der Waals surface area contributed by atoms with Gasteiger partial charge in [-0.25, -0.2) is 4.98 Å². The summed E-state index contributed by atoms with van der Waals surface area (Å²) in [7, 11) is 0. The van der Waals surface area contributed by atoms with E-state index >= 15 is 0 Å². The van der Waals surface area contributed by atoms with Gasteiger partial charge in [0.15, 0.2) is 5.58 Å². The largest absolute Gasteiger partial charge is 0.453 e. The van der Waals surface area contributed by atoms with Crippen molar-refractivity contribution in [1.82, 2.24) is 4.98 Å². The van der Waals surface area contributed by atoms with Gasteiger partial charge in [0.1, 0.15) is 23.0 Å². The van der Waals surface area contributed by atoms with Gasteiger partial charge in [-0.3, -0.25) is 0 Å². The first-order chi connectivity index (χ1) is 9.69. The van der Waals surface area contributed by atoms with Crippen molar-refractivity contribution in [2.75, 3.05) is 5.32 Å². The minimum absolute atomic E-state index is 0.196. The van der Waals surface area contributed by atoms with E-state index in [-0.39, 0.29) is 6.61 Å². The molecule has 4 nitrogen and oxygen atoms in total. The van der Waals surface area contributed by atoms with Gasteiger partial charge in [0.2, 0.25) is 0 Å². The van der Waals surface area contributed by atoms with Crippen molar-refractivity contribution < 1.29 is 9.52 Å². The van der Waals surface area contributed by atoms with Gasteiger partial charge in [-0.1, -0.05) is 17.7 Å². The van der Waals surface area contributed by atoms with E-state index < -0.39 is 0 Å². The van der Waals surface area contributed by atoms with E-state index in [9.17, 15) is 5.11 Å². The molecule has 0 aromatic carbocycles. The van der Waals surface area contributed by atoms with Crippen molar-refractivity contribution in [1.29, 1.82) is 0 Å². The van der Waals surface area contributed by atoms with Gasteiger partial charge in [-0.15, -0.1) is 11.3 Å². The molecule has 0 saturated carbocycles. The Kier molecular flexibility index (Phi) is 3.98. The number of hydrogen-bond acceptors (Lipinski definition) is 5. The van der Waals surface area contributed by atoms with Crippen molar-refractivity contribution in [2.24, 2.45) is 0 Å². The van der Waals surface area contributed by atoms with Crippen molar-refractivity contribution in [3.05, 3.63) is 43.8 Å². The molecule has 3 aromatic heterocycles. The summed E-state index contributed by atoms with van der Waals surface area (Å²) in [6, 6.07) is 5.77.